The van der Waals surface area contributed by atoms with Crippen molar-refractivity contribution in [2.75, 3.05) is 31.3 Å². The SMILES string of the molecule is FC(F)(F)COCCNC1CCCSC1. The van der Waals surface area contributed by atoms with Crippen molar-refractivity contribution < 1.29 is 17.9 Å². The molecule has 0 amide bonds. The number of alkyl halides is 3. The first-order valence-corrected chi connectivity index (χ1v) is 6.19. The monoisotopic (exact) mass is 243 g/mol. The van der Waals surface area contributed by atoms with Gasteiger partial charge in [-0.15, -0.1) is 0 Å². The molecule has 1 N–H and O–H groups in total. The number of thioether (sulfide) groups is 1. The molecule has 1 aliphatic rings. The van der Waals surface area contributed by atoms with Crippen LogP contribution in [-0.4, -0.2) is 43.5 Å². The van der Waals surface area contributed by atoms with E-state index in [1.165, 1.54) is 12.2 Å². The van der Waals surface area contributed by atoms with Gasteiger partial charge in [0.15, 0.2) is 0 Å². The van der Waals surface area contributed by atoms with Crippen LogP contribution in [0.15, 0.2) is 0 Å². The van der Waals surface area contributed by atoms with Gasteiger partial charge in [0, 0.05) is 18.3 Å². The van der Waals surface area contributed by atoms with E-state index < -0.39 is 12.8 Å². The summed E-state index contributed by atoms with van der Waals surface area (Å²) in [5.74, 6) is 2.25. The molecule has 1 saturated heterocycles. The zero-order valence-electron chi connectivity index (χ0n) is 8.48. The molecule has 1 fully saturated rings. The Labute approximate surface area is 91.9 Å². The first-order valence-electron chi connectivity index (χ1n) is 5.03. The van der Waals surface area contributed by atoms with E-state index in [2.05, 4.69) is 10.1 Å². The minimum Gasteiger partial charge on any atom is -0.371 e. The predicted molar refractivity (Wildman–Crippen MR) is 55.2 cm³/mol. The van der Waals surface area contributed by atoms with E-state index in [9.17, 15) is 13.2 Å². The molecule has 1 rings (SSSR count). The van der Waals surface area contributed by atoms with Gasteiger partial charge in [-0.1, -0.05) is 0 Å². The number of ether oxygens (including phenoxy) is 1. The maximum atomic E-state index is 11.7. The number of hydrogen-bond donors (Lipinski definition) is 1. The van der Waals surface area contributed by atoms with Gasteiger partial charge in [0.05, 0.1) is 6.61 Å². The van der Waals surface area contributed by atoms with Gasteiger partial charge >= 0.3 is 6.18 Å². The third-order valence-corrected chi connectivity index (χ3v) is 3.32. The zero-order chi connectivity index (χ0) is 11.1. The van der Waals surface area contributed by atoms with Gasteiger partial charge in [0.25, 0.3) is 0 Å². The summed E-state index contributed by atoms with van der Waals surface area (Å²) in [5.41, 5.74) is 0. The van der Waals surface area contributed by atoms with Gasteiger partial charge in [0.1, 0.15) is 6.61 Å². The Morgan fingerprint density at radius 2 is 2.20 bits per heavy atom. The second kappa shape index (κ2) is 6.60. The maximum Gasteiger partial charge on any atom is 0.411 e. The maximum absolute atomic E-state index is 11.7. The Hall–Kier alpha value is 0.0600. The molecule has 1 atom stereocenters. The van der Waals surface area contributed by atoms with Crippen molar-refractivity contribution in [2.24, 2.45) is 0 Å². The van der Waals surface area contributed by atoms with Gasteiger partial charge in [0.2, 0.25) is 0 Å². The van der Waals surface area contributed by atoms with E-state index in [0.717, 1.165) is 12.2 Å². The van der Waals surface area contributed by atoms with Crippen LogP contribution in [0.2, 0.25) is 0 Å². The summed E-state index contributed by atoms with van der Waals surface area (Å²) in [7, 11) is 0. The summed E-state index contributed by atoms with van der Waals surface area (Å²) in [4.78, 5) is 0. The number of halogens is 3. The Balaban J connectivity index is 1.92. The van der Waals surface area contributed by atoms with E-state index in [0.29, 0.717) is 12.6 Å². The molecular weight excluding hydrogens is 227 g/mol. The molecule has 0 aromatic rings. The topological polar surface area (TPSA) is 21.3 Å². The molecule has 0 spiro atoms. The molecule has 0 radical (unpaired) electrons. The summed E-state index contributed by atoms with van der Waals surface area (Å²) >= 11 is 1.89. The molecule has 0 aliphatic carbocycles. The van der Waals surface area contributed by atoms with Crippen LogP contribution in [0, 0.1) is 0 Å². The molecule has 0 bridgehead atoms. The normalized spacial score (nSPS) is 23.0. The second-order valence-corrected chi connectivity index (χ2v) is 4.69. The summed E-state index contributed by atoms with van der Waals surface area (Å²) in [6.45, 7) is -0.518. The Morgan fingerprint density at radius 3 is 2.80 bits per heavy atom. The highest BCUT2D eigenvalue weighted by molar-refractivity contribution is 7.99. The minimum atomic E-state index is -4.21. The quantitative estimate of drug-likeness (QED) is 0.747. The van der Waals surface area contributed by atoms with Gasteiger partial charge in [-0.2, -0.15) is 24.9 Å². The summed E-state index contributed by atoms with van der Waals surface area (Å²) in [6.07, 6.45) is -1.90. The first-order chi connectivity index (χ1) is 7.08. The average Bonchev–Trinajstić information content (AvgIpc) is 2.17. The zero-order valence-corrected chi connectivity index (χ0v) is 9.29. The van der Waals surface area contributed by atoms with Gasteiger partial charge in [-0.3, -0.25) is 0 Å². The van der Waals surface area contributed by atoms with E-state index >= 15 is 0 Å². The third-order valence-electron chi connectivity index (χ3n) is 2.11. The van der Waals surface area contributed by atoms with Gasteiger partial charge < -0.3 is 10.1 Å². The molecule has 1 unspecified atom stereocenters. The van der Waals surface area contributed by atoms with E-state index in [1.54, 1.807) is 0 Å². The number of hydrogen-bond acceptors (Lipinski definition) is 3. The van der Waals surface area contributed by atoms with Crippen LogP contribution in [0.1, 0.15) is 12.8 Å². The van der Waals surface area contributed by atoms with Crippen molar-refractivity contribution in [1.82, 2.24) is 5.32 Å². The highest BCUT2D eigenvalue weighted by Gasteiger charge is 2.27. The Kier molecular flexibility index (Phi) is 5.78. The Bertz CT molecular complexity index is 171. The standard InChI is InChI=1S/C9H16F3NOS/c10-9(11,12)7-14-4-3-13-8-2-1-5-15-6-8/h8,13H,1-7H2. The van der Waals surface area contributed by atoms with Crippen LogP contribution in [0.25, 0.3) is 0 Å². The molecule has 1 aliphatic heterocycles. The molecular formula is C9H16F3NOS. The average molecular weight is 243 g/mol. The van der Waals surface area contributed by atoms with Crippen LogP contribution in [0.4, 0.5) is 13.2 Å². The number of nitrogens with one attached hydrogen (secondary N) is 1. The lowest BCUT2D eigenvalue weighted by Crippen LogP contribution is -2.36. The predicted octanol–water partition coefficient (Wildman–Crippen LogP) is 2.05. The molecule has 2 nitrogen and oxygen atoms in total. The fourth-order valence-electron chi connectivity index (χ4n) is 1.42. The number of rotatable bonds is 5. The van der Waals surface area contributed by atoms with Crippen molar-refractivity contribution in [3.63, 3.8) is 0 Å². The van der Waals surface area contributed by atoms with Crippen LogP contribution >= 0.6 is 11.8 Å². The Morgan fingerprint density at radius 1 is 1.40 bits per heavy atom. The fraction of sp³-hybridized carbons (Fsp3) is 1.00. The lowest BCUT2D eigenvalue weighted by Gasteiger charge is -2.22. The van der Waals surface area contributed by atoms with E-state index in [1.807, 2.05) is 11.8 Å². The van der Waals surface area contributed by atoms with Crippen molar-refractivity contribution in [3.05, 3.63) is 0 Å². The van der Waals surface area contributed by atoms with Gasteiger partial charge in [-0.05, 0) is 18.6 Å². The summed E-state index contributed by atoms with van der Waals surface area (Å²) < 4.78 is 39.6. The molecule has 0 aromatic heterocycles. The first kappa shape index (κ1) is 13.1. The molecule has 6 heteroatoms. The van der Waals surface area contributed by atoms with Crippen LogP contribution in [-0.2, 0) is 4.74 Å². The summed E-state index contributed by atoms with van der Waals surface area (Å²) in [5, 5.41) is 3.19. The molecule has 0 saturated carbocycles. The van der Waals surface area contributed by atoms with Crippen LogP contribution < -0.4 is 5.32 Å². The van der Waals surface area contributed by atoms with E-state index in [-0.39, 0.29) is 6.61 Å². The fourth-order valence-corrected chi connectivity index (χ4v) is 2.53. The molecule has 90 valence electrons. The van der Waals surface area contributed by atoms with Gasteiger partial charge in [-0.25, -0.2) is 0 Å². The molecule has 1 heterocycles. The van der Waals surface area contributed by atoms with Crippen molar-refractivity contribution in [1.29, 1.82) is 0 Å². The highest BCUT2D eigenvalue weighted by Crippen LogP contribution is 2.16. The molecule has 0 aromatic carbocycles. The smallest absolute Gasteiger partial charge is 0.371 e. The lowest BCUT2D eigenvalue weighted by atomic mass is 10.2. The van der Waals surface area contributed by atoms with Crippen molar-refractivity contribution >= 4 is 11.8 Å². The van der Waals surface area contributed by atoms with E-state index in [4.69, 9.17) is 0 Å². The van der Waals surface area contributed by atoms with Crippen LogP contribution in [0.5, 0.6) is 0 Å². The third kappa shape index (κ3) is 7.03. The highest BCUT2D eigenvalue weighted by atomic mass is 32.2. The molecule has 15 heavy (non-hydrogen) atoms. The van der Waals surface area contributed by atoms with Crippen molar-refractivity contribution in [2.45, 2.75) is 25.1 Å². The van der Waals surface area contributed by atoms with Crippen LogP contribution in [0.3, 0.4) is 0 Å². The summed E-state index contributed by atoms with van der Waals surface area (Å²) in [6, 6.07) is 0.443. The minimum absolute atomic E-state index is 0.126. The lowest BCUT2D eigenvalue weighted by molar-refractivity contribution is -0.173. The second-order valence-electron chi connectivity index (χ2n) is 3.54. The van der Waals surface area contributed by atoms with Crippen molar-refractivity contribution in [3.8, 4) is 0 Å². The largest absolute Gasteiger partial charge is 0.411 e.